The van der Waals surface area contributed by atoms with Crippen LogP contribution in [0.25, 0.3) is 22.2 Å². The van der Waals surface area contributed by atoms with Crippen LogP contribution in [0.2, 0.25) is 0 Å². The molecule has 2 aromatic heterocycles. The second-order valence-corrected chi connectivity index (χ2v) is 7.04. The van der Waals surface area contributed by atoms with Gasteiger partial charge in [0.25, 0.3) is 0 Å². The fraction of sp³-hybridized carbons (Fsp3) is 0.238. The molecule has 8 heteroatoms. The van der Waals surface area contributed by atoms with Crippen LogP contribution < -0.4 is 10.6 Å². The number of para-hydroxylation sites is 2. The number of oxazole rings is 2. The van der Waals surface area contributed by atoms with Gasteiger partial charge >= 0.3 is 12.0 Å². The van der Waals surface area contributed by atoms with Crippen LogP contribution in [0, 0.1) is 0 Å². The monoisotopic (exact) mass is 408 g/mol. The topological polar surface area (TPSA) is 93.2 Å². The Labute approximate surface area is 172 Å². The largest absolute Gasteiger partial charge is 0.423 e. The molecule has 0 spiro atoms. The number of thiocarbonyl (C=S) groups is 1. The number of hydrogen-bond acceptors (Lipinski definition) is 6. The van der Waals surface area contributed by atoms with Crippen molar-refractivity contribution in [3.05, 3.63) is 47.5 Å². The molecule has 2 aromatic carbocycles. The first kappa shape index (κ1) is 19.1. The Bertz CT molecular complexity index is 1120. The van der Waals surface area contributed by atoms with E-state index in [0.29, 0.717) is 11.2 Å². The van der Waals surface area contributed by atoms with Gasteiger partial charge in [-0.3, -0.25) is 10.1 Å². The smallest absolute Gasteiger partial charge is 0.302 e. The van der Waals surface area contributed by atoms with Gasteiger partial charge in [-0.25, -0.2) is 0 Å². The van der Waals surface area contributed by atoms with Crippen LogP contribution in [0.5, 0.6) is 0 Å². The van der Waals surface area contributed by atoms with E-state index in [1.165, 1.54) is 0 Å². The molecular formula is C21H20N4O3S. The highest BCUT2D eigenvalue weighted by atomic mass is 32.1. The lowest BCUT2D eigenvalue weighted by Crippen LogP contribution is -2.20. The van der Waals surface area contributed by atoms with Gasteiger partial charge in [-0.1, -0.05) is 50.3 Å². The van der Waals surface area contributed by atoms with Gasteiger partial charge in [0.2, 0.25) is 5.91 Å². The number of aromatic nitrogens is 2. The van der Waals surface area contributed by atoms with Crippen molar-refractivity contribution in [1.82, 2.24) is 9.97 Å². The quantitative estimate of drug-likeness (QED) is 0.440. The third-order valence-electron chi connectivity index (χ3n) is 4.58. The summed E-state index contributed by atoms with van der Waals surface area (Å²) in [7, 11) is 0. The summed E-state index contributed by atoms with van der Waals surface area (Å²) in [5.74, 6) is -0.336. The van der Waals surface area contributed by atoms with Crippen molar-refractivity contribution in [2.45, 2.75) is 33.1 Å². The SMILES string of the molecule is CCc1cccc2oc(NC(=O)CC(=S)Nc3nc4c(CC)cccc4o3)nc12. The van der Waals surface area contributed by atoms with Crippen molar-refractivity contribution >= 4 is 57.3 Å². The number of anilines is 2. The van der Waals surface area contributed by atoms with Gasteiger partial charge in [-0.2, -0.15) is 9.97 Å². The number of rotatable bonds is 6. The average molecular weight is 408 g/mol. The molecule has 4 aromatic rings. The fourth-order valence-electron chi connectivity index (χ4n) is 3.16. The Kier molecular flexibility index (Phi) is 5.26. The summed E-state index contributed by atoms with van der Waals surface area (Å²) >= 11 is 5.28. The molecule has 0 aliphatic rings. The highest BCUT2D eigenvalue weighted by molar-refractivity contribution is 7.80. The van der Waals surface area contributed by atoms with Gasteiger partial charge in [0, 0.05) is 0 Å². The minimum Gasteiger partial charge on any atom is -0.423 e. The van der Waals surface area contributed by atoms with Gasteiger partial charge < -0.3 is 14.2 Å². The van der Waals surface area contributed by atoms with Crippen molar-refractivity contribution in [3.63, 3.8) is 0 Å². The van der Waals surface area contributed by atoms with Crippen LogP contribution in [0.4, 0.5) is 12.0 Å². The molecule has 2 N–H and O–H groups in total. The van der Waals surface area contributed by atoms with Crippen molar-refractivity contribution < 1.29 is 13.6 Å². The van der Waals surface area contributed by atoms with E-state index in [2.05, 4.69) is 27.5 Å². The molecule has 0 fully saturated rings. The highest BCUT2D eigenvalue weighted by Crippen LogP contribution is 2.24. The number of carbonyl (C=O) groups excluding carboxylic acids is 1. The second-order valence-electron chi connectivity index (χ2n) is 6.55. The van der Waals surface area contributed by atoms with Crippen molar-refractivity contribution in [1.29, 1.82) is 0 Å². The number of amides is 1. The molecule has 0 aliphatic heterocycles. The molecule has 4 rings (SSSR count). The number of benzene rings is 2. The summed E-state index contributed by atoms with van der Waals surface area (Å²) in [6.45, 7) is 4.10. The van der Waals surface area contributed by atoms with Crippen LogP contribution in [0.1, 0.15) is 31.4 Å². The lowest BCUT2D eigenvalue weighted by molar-refractivity contribution is -0.115. The normalized spacial score (nSPS) is 11.1. The molecule has 2 heterocycles. The first-order valence-corrected chi connectivity index (χ1v) is 9.84. The van der Waals surface area contributed by atoms with Crippen LogP contribution in [0.15, 0.2) is 45.2 Å². The molecule has 0 aliphatic carbocycles. The maximum absolute atomic E-state index is 12.3. The molecule has 1 amide bonds. The summed E-state index contributed by atoms with van der Waals surface area (Å²) in [4.78, 5) is 21.4. The molecule has 0 radical (unpaired) electrons. The zero-order valence-corrected chi connectivity index (χ0v) is 16.9. The van der Waals surface area contributed by atoms with Crippen LogP contribution in [0.3, 0.4) is 0 Å². The number of nitrogens with zero attached hydrogens (tertiary/aromatic N) is 2. The highest BCUT2D eigenvalue weighted by Gasteiger charge is 2.15. The first-order chi connectivity index (χ1) is 14.1. The van der Waals surface area contributed by atoms with E-state index in [0.717, 1.165) is 35.0 Å². The van der Waals surface area contributed by atoms with Crippen molar-refractivity contribution in [3.8, 4) is 0 Å². The van der Waals surface area contributed by atoms with Crippen LogP contribution >= 0.6 is 12.2 Å². The standard InChI is InChI=1S/C21H20N4O3S/c1-3-12-7-5-9-14-18(12)24-20(27-14)22-16(26)11-17(29)23-21-25-19-13(4-2)8-6-10-15(19)28-21/h5-10H,3-4,11H2,1-2H3,(H,22,24,26)(H,23,25,29). The Morgan fingerprint density at radius 3 is 1.93 bits per heavy atom. The van der Waals surface area contributed by atoms with E-state index in [1.807, 2.05) is 43.3 Å². The second kappa shape index (κ2) is 8.00. The van der Waals surface area contributed by atoms with Gasteiger partial charge in [-0.05, 0) is 36.1 Å². The van der Waals surface area contributed by atoms with Gasteiger partial charge in [0.05, 0.1) is 11.4 Å². The van der Waals surface area contributed by atoms with Gasteiger partial charge in [-0.15, -0.1) is 0 Å². The maximum atomic E-state index is 12.3. The number of fused-ring (bicyclic) bond motifs is 2. The summed E-state index contributed by atoms with van der Waals surface area (Å²) in [6.07, 6.45) is 1.63. The zero-order valence-electron chi connectivity index (χ0n) is 16.1. The van der Waals surface area contributed by atoms with E-state index in [4.69, 9.17) is 21.1 Å². The predicted octanol–water partition coefficient (Wildman–Crippen LogP) is 4.86. The number of aryl methyl sites for hydroxylation is 2. The lowest BCUT2D eigenvalue weighted by atomic mass is 10.1. The third-order valence-corrected chi connectivity index (χ3v) is 4.83. The number of hydrogen-bond donors (Lipinski definition) is 2. The minimum atomic E-state index is -0.336. The molecule has 148 valence electrons. The minimum absolute atomic E-state index is 0.0476. The van der Waals surface area contributed by atoms with E-state index < -0.39 is 0 Å². The van der Waals surface area contributed by atoms with Crippen molar-refractivity contribution in [2.75, 3.05) is 10.6 Å². The first-order valence-electron chi connectivity index (χ1n) is 9.44. The van der Waals surface area contributed by atoms with E-state index in [-0.39, 0.29) is 29.3 Å². The Morgan fingerprint density at radius 2 is 1.41 bits per heavy atom. The summed E-state index contributed by atoms with van der Waals surface area (Å²) in [5.41, 5.74) is 5.01. The molecule has 0 saturated heterocycles. The van der Waals surface area contributed by atoms with E-state index in [1.54, 1.807) is 0 Å². The van der Waals surface area contributed by atoms with Crippen LogP contribution in [-0.4, -0.2) is 20.9 Å². The van der Waals surface area contributed by atoms with Crippen molar-refractivity contribution in [2.24, 2.45) is 0 Å². The molecular weight excluding hydrogens is 388 g/mol. The molecule has 0 saturated carbocycles. The lowest BCUT2D eigenvalue weighted by Gasteiger charge is -2.03. The average Bonchev–Trinajstić information content (AvgIpc) is 3.29. The summed E-state index contributed by atoms with van der Waals surface area (Å²) < 4.78 is 11.3. The molecule has 0 atom stereocenters. The number of carbonyl (C=O) groups is 1. The fourth-order valence-corrected chi connectivity index (χ4v) is 3.38. The molecule has 7 nitrogen and oxygen atoms in total. The molecule has 0 bridgehead atoms. The molecule has 0 unspecified atom stereocenters. The number of nitrogens with one attached hydrogen (secondary N) is 2. The van der Waals surface area contributed by atoms with E-state index >= 15 is 0 Å². The summed E-state index contributed by atoms with van der Waals surface area (Å²) in [6, 6.07) is 11.9. The maximum Gasteiger partial charge on any atom is 0.302 e. The Morgan fingerprint density at radius 1 is 0.897 bits per heavy atom. The van der Waals surface area contributed by atoms with Gasteiger partial charge in [0.1, 0.15) is 11.0 Å². The summed E-state index contributed by atoms with van der Waals surface area (Å²) in [5, 5.41) is 5.53. The zero-order chi connectivity index (χ0) is 20.4. The third kappa shape index (κ3) is 3.97. The van der Waals surface area contributed by atoms with Crippen LogP contribution in [-0.2, 0) is 17.6 Å². The predicted molar refractivity (Wildman–Crippen MR) is 116 cm³/mol. The Hall–Kier alpha value is -3.26. The Balaban J connectivity index is 1.42. The molecule has 29 heavy (non-hydrogen) atoms. The van der Waals surface area contributed by atoms with E-state index in [9.17, 15) is 4.79 Å². The van der Waals surface area contributed by atoms with Gasteiger partial charge in [0.15, 0.2) is 11.2 Å².